The van der Waals surface area contributed by atoms with Crippen molar-refractivity contribution in [3.63, 3.8) is 0 Å². The molecular weight excluding hydrogens is 293 g/mol. The maximum absolute atomic E-state index is 13.9. The van der Waals surface area contributed by atoms with Crippen LogP contribution < -0.4 is 5.73 Å². The van der Waals surface area contributed by atoms with Crippen molar-refractivity contribution in [2.24, 2.45) is 5.73 Å². The molecule has 0 aliphatic carbocycles. The van der Waals surface area contributed by atoms with Gasteiger partial charge in [-0.15, -0.1) is 0 Å². The molecule has 2 aromatic rings. The first-order chi connectivity index (χ1) is 8.47. The zero-order chi connectivity index (χ0) is 13.3. The normalized spacial score (nSPS) is 12.5. The lowest BCUT2D eigenvalue weighted by molar-refractivity contribution is 0.598. The Morgan fingerprint density at radius 1 is 1.06 bits per heavy atom. The maximum Gasteiger partial charge on any atom is 0.129 e. The Labute approximate surface area is 115 Å². The summed E-state index contributed by atoms with van der Waals surface area (Å²) in [5.74, 6) is -0.281. The van der Waals surface area contributed by atoms with Gasteiger partial charge in [0.05, 0.1) is 6.04 Å². The van der Waals surface area contributed by atoms with Gasteiger partial charge in [-0.1, -0.05) is 51.3 Å². The summed E-state index contributed by atoms with van der Waals surface area (Å²) in [5.41, 5.74) is 9.88. The highest BCUT2D eigenvalue weighted by Crippen LogP contribution is 2.25. The molecule has 0 amide bonds. The summed E-state index contributed by atoms with van der Waals surface area (Å²) in [6, 6.07) is 10.6. The first-order valence-electron chi connectivity index (χ1n) is 5.76. The number of hydrogen-bond acceptors (Lipinski definition) is 1. The van der Waals surface area contributed by atoms with Crippen LogP contribution in [0.1, 0.15) is 28.3 Å². The van der Waals surface area contributed by atoms with E-state index in [1.165, 1.54) is 6.07 Å². The minimum atomic E-state index is -0.434. The molecule has 0 saturated heterocycles. The van der Waals surface area contributed by atoms with Crippen LogP contribution in [0.15, 0.2) is 40.9 Å². The molecule has 94 valence electrons. The van der Waals surface area contributed by atoms with Gasteiger partial charge < -0.3 is 5.73 Å². The van der Waals surface area contributed by atoms with E-state index in [1.807, 2.05) is 26.0 Å². The molecule has 2 aromatic carbocycles. The van der Waals surface area contributed by atoms with Crippen LogP contribution in [0.25, 0.3) is 0 Å². The van der Waals surface area contributed by atoms with E-state index in [-0.39, 0.29) is 5.82 Å². The molecule has 0 radical (unpaired) electrons. The van der Waals surface area contributed by atoms with Gasteiger partial charge in [-0.2, -0.15) is 0 Å². The van der Waals surface area contributed by atoms with Crippen molar-refractivity contribution in [1.29, 1.82) is 0 Å². The Bertz CT molecular complexity index is 560. The lowest BCUT2D eigenvalue weighted by Crippen LogP contribution is -2.14. The predicted molar refractivity (Wildman–Crippen MR) is 76.0 cm³/mol. The topological polar surface area (TPSA) is 26.0 Å². The third-order valence-corrected chi connectivity index (χ3v) is 3.39. The van der Waals surface area contributed by atoms with Gasteiger partial charge in [0.15, 0.2) is 0 Å². The molecule has 1 unspecified atom stereocenters. The molecular formula is C15H15BrFN. The van der Waals surface area contributed by atoms with Gasteiger partial charge in [0.25, 0.3) is 0 Å². The summed E-state index contributed by atoms with van der Waals surface area (Å²) in [5, 5.41) is 0. The minimum Gasteiger partial charge on any atom is -0.320 e. The van der Waals surface area contributed by atoms with E-state index < -0.39 is 6.04 Å². The van der Waals surface area contributed by atoms with Crippen LogP contribution >= 0.6 is 15.9 Å². The zero-order valence-electron chi connectivity index (χ0n) is 10.4. The van der Waals surface area contributed by atoms with E-state index >= 15 is 0 Å². The summed E-state index contributed by atoms with van der Waals surface area (Å²) < 4.78 is 14.6. The quantitative estimate of drug-likeness (QED) is 0.881. The van der Waals surface area contributed by atoms with Gasteiger partial charge in [0.2, 0.25) is 0 Å². The number of nitrogens with two attached hydrogens (primary N) is 1. The van der Waals surface area contributed by atoms with E-state index in [2.05, 4.69) is 22.0 Å². The number of aryl methyl sites for hydroxylation is 2. The van der Waals surface area contributed by atoms with Crippen LogP contribution in [0.5, 0.6) is 0 Å². The maximum atomic E-state index is 13.9. The van der Waals surface area contributed by atoms with E-state index in [4.69, 9.17) is 5.73 Å². The zero-order valence-corrected chi connectivity index (χ0v) is 12.0. The molecule has 3 heteroatoms. The van der Waals surface area contributed by atoms with E-state index in [0.29, 0.717) is 5.56 Å². The van der Waals surface area contributed by atoms with Crippen molar-refractivity contribution in [1.82, 2.24) is 0 Å². The molecule has 0 aliphatic heterocycles. The Balaban J connectivity index is 2.44. The number of halogens is 2. The monoisotopic (exact) mass is 307 g/mol. The van der Waals surface area contributed by atoms with Gasteiger partial charge in [-0.3, -0.25) is 0 Å². The Hall–Kier alpha value is -1.19. The average Bonchev–Trinajstić information content (AvgIpc) is 2.26. The summed E-state index contributed by atoms with van der Waals surface area (Å²) in [4.78, 5) is 0. The highest BCUT2D eigenvalue weighted by Gasteiger charge is 2.14. The molecule has 0 aliphatic rings. The van der Waals surface area contributed by atoms with Crippen molar-refractivity contribution in [2.45, 2.75) is 19.9 Å². The molecule has 0 spiro atoms. The minimum absolute atomic E-state index is 0.281. The van der Waals surface area contributed by atoms with Crippen LogP contribution in [-0.2, 0) is 0 Å². The van der Waals surface area contributed by atoms with Crippen molar-refractivity contribution >= 4 is 15.9 Å². The summed E-state index contributed by atoms with van der Waals surface area (Å²) in [7, 11) is 0. The van der Waals surface area contributed by atoms with Gasteiger partial charge in [-0.25, -0.2) is 4.39 Å². The first-order valence-corrected chi connectivity index (χ1v) is 6.55. The fraction of sp³-hybridized carbons (Fsp3) is 0.200. The van der Waals surface area contributed by atoms with E-state index in [0.717, 1.165) is 21.2 Å². The largest absolute Gasteiger partial charge is 0.320 e. The standard InChI is InChI=1S/C15H15BrFN/c1-9-5-10(2)7-11(6-9)15(18)13-4-3-12(16)8-14(13)17/h3-8,15H,18H2,1-2H3. The van der Waals surface area contributed by atoms with Crippen molar-refractivity contribution in [3.8, 4) is 0 Å². The smallest absolute Gasteiger partial charge is 0.129 e. The van der Waals surface area contributed by atoms with Crippen molar-refractivity contribution in [2.75, 3.05) is 0 Å². The molecule has 0 bridgehead atoms. The lowest BCUT2D eigenvalue weighted by atomic mass is 9.96. The van der Waals surface area contributed by atoms with Crippen molar-refractivity contribution in [3.05, 3.63) is 68.9 Å². The van der Waals surface area contributed by atoms with Crippen LogP contribution in [0, 0.1) is 19.7 Å². The Morgan fingerprint density at radius 3 is 2.22 bits per heavy atom. The van der Waals surface area contributed by atoms with Crippen LogP contribution in [0.2, 0.25) is 0 Å². The molecule has 2 rings (SSSR count). The van der Waals surface area contributed by atoms with Gasteiger partial charge >= 0.3 is 0 Å². The van der Waals surface area contributed by atoms with E-state index in [9.17, 15) is 4.39 Å². The molecule has 18 heavy (non-hydrogen) atoms. The van der Waals surface area contributed by atoms with Crippen LogP contribution in [0.3, 0.4) is 0 Å². The van der Waals surface area contributed by atoms with Crippen LogP contribution in [-0.4, -0.2) is 0 Å². The number of hydrogen-bond donors (Lipinski definition) is 1. The van der Waals surface area contributed by atoms with Gasteiger partial charge in [0, 0.05) is 10.0 Å². The molecule has 0 aromatic heterocycles. The predicted octanol–water partition coefficient (Wildman–Crippen LogP) is 4.25. The Morgan fingerprint density at radius 2 is 1.67 bits per heavy atom. The van der Waals surface area contributed by atoms with E-state index in [1.54, 1.807) is 12.1 Å². The highest BCUT2D eigenvalue weighted by molar-refractivity contribution is 9.10. The SMILES string of the molecule is Cc1cc(C)cc(C(N)c2ccc(Br)cc2F)c1. The summed E-state index contributed by atoms with van der Waals surface area (Å²) >= 11 is 3.24. The average molecular weight is 308 g/mol. The summed E-state index contributed by atoms with van der Waals surface area (Å²) in [6.07, 6.45) is 0. The third-order valence-electron chi connectivity index (χ3n) is 2.90. The van der Waals surface area contributed by atoms with Gasteiger partial charge in [-0.05, 0) is 31.5 Å². The lowest BCUT2D eigenvalue weighted by Gasteiger charge is -2.15. The Kier molecular flexibility index (Phi) is 3.83. The van der Waals surface area contributed by atoms with Crippen LogP contribution in [0.4, 0.5) is 4.39 Å². The van der Waals surface area contributed by atoms with Crippen molar-refractivity contribution < 1.29 is 4.39 Å². The molecule has 1 atom stereocenters. The molecule has 1 nitrogen and oxygen atoms in total. The summed E-state index contributed by atoms with van der Waals surface area (Å²) in [6.45, 7) is 4.03. The molecule has 0 heterocycles. The fourth-order valence-corrected chi connectivity index (χ4v) is 2.46. The molecule has 0 saturated carbocycles. The van der Waals surface area contributed by atoms with Gasteiger partial charge in [0.1, 0.15) is 5.82 Å². The highest BCUT2D eigenvalue weighted by atomic mass is 79.9. The number of rotatable bonds is 2. The second-order valence-corrected chi connectivity index (χ2v) is 5.48. The number of benzene rings is 2. The first kappa shape index (κ1) is 13.2. The second-order valence-electron chi connectivity index (χ2n) is 4.56. The second kappa shape index (κ2) is 5.21. The third kappa shape index (κ3) is 2.79. The molecule has 2 N–H and O–H groups in total. The fourth-order valence-electron chi connectivity index (χ4n) is 2.12. The molecule has 0 fully saturated rings.